The number of allylic oxidation sites excluding steroid dienone is 3. The molecule has 0 radical (unpaired) electrons. The SMILES string of the molecule is CC1=C/C[C@@H](/C(C)=C/c2csc(C)n2)NC(=O)C[C@H](O)CC(=O)[C@H](C)[C@@H](C)[C@@H](C)C\C=C\1.CCC. The summed E-state index contributed by atoms with van der Waals surface area (Å²) >= 11 is 1.59. The van der Waals surface area contributed by atoms with Gasteiger partial charge in [-0.3, -0.25) is 9.59 Å². The molecule has 1 aromatic rings. The number of nitrogens with zero attached hydrogens (tertiary/aromatic N) is 1. The number of hydrogen-bond donors (Lipinski definition) is 2. The highest BCUT2D eigenvalue weighted by atomic mass is 32.1. The number of Topliss-reactive ketones (excluding diaryl/α,β-unsaturated/α-hetero) is 1. The van der Waals surface area contributed by atoms with E-state index < -0.39 is 6.10 Å². The molecular weight excluding hydrogens is 456 g/mol. The highest BCUT2D eigenvalue weighted by molar-refractivity contribution is 7.09. The maximum absolute atomic E-state index is 12.7. The van der Waals surface area contributed by atoms with Crippen molar-refractivity contribution in [3.05, 3.63) is 45.5 Å². The minimum absolute atomic E-state index is 0.0120. The van der Waals surface area contributed by atoms with Gasteiger partial charge in [-0.05, 0) is 57.1 Å². The smallest absolute Gasteiger partial charge is 0.223 e. The normalized spacial score (nSPS) is 29.9. The molecule has 2 N–H and O–H groups in total. The third-order valence-corrected chi connectivity index (χ3v) is 7.31. The Morgan fingerprint density at radius 2 is 1.83 bits per heavy atom. The first-order chi connectivity index (χ1) is 16.5. The topological polar surface area (TPSA) is 79.3 Å². The number of carbonyl (C=O) groups is 2. The third kappa shape index (κ3) is 11.5. The molecule has 0 unspecified atom stereocenters. The van der Waals surface area contributed by atoms with Gasteiger partial charge in [-0.1, -0.05) is 64.8 Å². The zero-order chi connectivity index (χ0) is 26.5. The first kappa shape index (κ1) is 31.0. The Bertz CT molecular complexity index is 899. The van der Waals surface area contributed by atoms with Gasteiger partial charge in [0.25, 0.3) is 0 Å². The Kier molecular flexibility index (Phi) is 14.0. The van der Waals surface area contributed by atoms with E-state index in [0.29, 0.717) is 12.3 Å². The Labute approximate surface area is 216 Å². The summed E-state index contributed by atoms with van der Waals surface area (Å²) < 4.78 is 0. The van der Waals surface area contributed by atoms with Crippen molar-refractivity contribution in [1.82, 2.24) is 10.3 Å². The van der Waals surface area contributed by atoms with Gasteiger partial charge < -0.3 is 10.4 Å². The number of nitrogens with one attached hydrogen (secondary N) is 1. The van der Waals surface area contributed by atoms with Crippen LogP contribution in [0.4, 0.5) is 0 Å². The number of hydrogen-bond acceptors (Lipinski definition) is 5. The number of rotatable bonds is 2. The molecule has 2 rings (SSSR count). The lowest BCUT2D eigenvalue weighted by Gasteiger charge is -2.25. The van der Waals surface area contributed by atoms with E-state index >= 15 is 0 Å². The zero-order valence-electron chi connectivity index (χ0n) is 22.9. The molecule has 0 aromatic carbocycles. The van der Waals surface area contributed by atoms with E-state index in [2.05, 4.69) is 63.1 Å². The third-order valence-electron chi connectivity index (χ3n) is 6.51. The predicted octanol–water partition coefficient (Wildman–Crippen LogP) is 6.67. The Hall–Kier alpha value is -2.05. The highest BCUT2D eigenvalue weighted by Crippen LogP contribution is 2.26. The number of ketones is 1. The Balaban J connectivity index is 0.00000194. The summed E-state index contributed by atoms with van der Waals surface area (Å²) in [6.07, 6.45) is 10.2. The van der Waals surface area contributed by atoms with Crippen LogP contribution in [0.25, 0.3) is 6.08 Å². The maximum atomic E-state index is 12.7. The van der Waals surface area contributed by atoms with Crippen LogP contribution in [0.5, 0.6) is 0 Å². The van der Waals surface area contributed by atoms with Gasteiger partial charge in [0.15, 0.2) is 0 Å². The minimum atomic E-state index is -0.969. The first-order valence-corrected chi connectivity index (χ1v) is 13.8. The maximum Gasteiger partial charge on any atom is 0.223 e. The molecule has 0 fully saturated rings. The molecular formula is C29H46N2O3S. The second kappa shape index (κ2) is 15.8. The Morgan fingerprint density at radius 1 is 1.17 bits per heavy atom. The van der Waals surface area contributed by atoms with Crippen LogP contribution in [-0.2, 0) is 9.59 Å². The molecule has 35 heavy (non-hydrogen) atoms. The largest absolute Gasteiger partial charge is 0.392 e. The number of aliphatic hydroxyl groups is 1. The van der Waals surface area contributed by atoms with Crippen LogP contribution in [0.1, 0.15) is 91.3 Å². The zero-order valence-corrected chi connectivity index (χ0v) is 23.7. The molecule has 1 aliphatic heterocycles. The summed E-state index contributed by atoms with van der Waals surface area (Å²) in [6.45, 7) is 16.4. The van der Waals surface area contributed by atoms with Crippen molar-refractivity contribution in [2.24, 2.45) is 17.8 Å². The van der Waals surface area contributed by atoms with Gasteiger partial charge in [0.2, 0.25) is 5.91 Å². The molecule has 1 amide bonds. The average Bonchev–Trinajstić information content (AvgIpc) is 3.19. The van der Waals surface area contributed by atoms with E-state index in [1.54, 1.807) is 11.3 Å². The van der Waals surface area contributed by atoms with E-state index in [1.807, 2.05) is 32.2 Å². The molecule has 0 aliphatic carbocycles. The first-order valence-electron chi connectivity index (χ1n) is 12.9. The molecule has 0 bridgehead atoms. The summed E-state index contributed by atoms with van der Waals surface area (Å²) in [5.74, 6) is 0.173. The van der Waals surface area contributed by atoms with Gasteiger partial charge in [-0.15, -0.1) is 11.3 Å². The van der Waals surface area contributed by atoms with Gasteiger partial charge in [0.05, 0.1) is 29.3 Å². The lowest BCUT2D eigenvalue weighted by atomic mass is 9.79. The summed E-state index contributed by atoms with van der Waals surface area (Å²) in [5, 5.41) is 16.5. The standard InChI is InChI=1S/C26H38N2O3S.C3H8/c1-16-8-7-9-17(2)19(4)20(5)25(30)13-23(29)14-26(31)28-24(11-10-16)18(3)12-22-15-32-21(6)27-22;1-3-2/h7-8,10,12,15,17,19-20,23-24,29H,9,11,13-14H2,1-6H3,(H,28,31);3H2,1-2H3/b8-7+,16-10-,18-12+;/t17-,19-,20+,23+,24-;/m0./s1. The van der Waals surface area contributed by atoms with E-state index in [1.165, 1.54) is 6.42 Å². The number of aliphatic hydroxyl groups excluding tert-OH is 1. The number of thiazole rings is 1. The predicted molar refractivity (Wildman–Crippen MR) is 148 cm³/mol. The van der Waals surface area contributed by atoms with Crippen LogP contribution in [-0.4, -0.2) is 33.9 Å². The molecule has 5 nitrogen and oxygen atoms in total. The molecule has 2 heterocycles. The number of carbonyl (C=O) groups excluding carboxylic acids is 2. The fraction of sp³-hybridized carbons (Fsp3) is 0.621. The lowest BCUT2D eigenvalue weighted by Crippen LogP contribution is -2.38. The lowest BCUT2D eigenvalue weighted by molar-refractivity contribution is -0.128. The van der Waals surface area contributed by atoms with E-state index in [9.17, 15) is 14.7 Å². The summed E-state index contributed by atoms with van der Waals surface area (Å²) in [6, 6.07) is -0.207. The monoisotopic (exact) mass is 502 g/mol. The average molecular weight is 503 g/mol. The van der Waals surface area contributed by atoms with Crippen molar-refractivity contribution >= 4 is 29.1 Å². The quantitative estimate of drug-likeness (QED) is 0.473. The molecule has 5 atom stereocenters. The molecule has 196 valence electrons. The van der Waals surface area contributed by atoms with Gasteiger partial charge in [-0.2, -0.15) is 0 Å². The van der Waals surface area contributed by atoms with Crippen molar-refractivity contribution in [2.75, 3.05) is 0 Å². The molecule has 1 aliphatic rings. The molecule has 6 heteroatoms. The van der Waals surface area contributed by atoms with Crippen LogP contribution < -0.4 is 5.32 Å². The molecule has 0 spiro atoms. The van der Waals surface area contributed by atoms with Crippen molar-refractivity contribution in [1.29, 1.82) is 0 Å². The van der Waals surface area contributed by atoms with Crippen LogP contribution in [0.15, 0.2) is 34.8 Å². The van der Waals surface area contributed by atoms with Crippen molar-refractivity contribution in [3.63, 3.8) is 0 Å². The molecule has 1 aromatic heterocycles. The highest BCUT2D eigenvalue weighted by Gasteiger charge is 2.27. The van der Waals surface area contributed by atoms with Crippen molar-refractivity contribution < 1.29 is 14.7 Å². The number of aromatic nitrogens is 1. The van der Waals surface area contributed by atoms with Crippen LogP contribution in [0.2, 0.25) is 0 Å². The van der Waals surface area contributed by atoms with Crippen LogP contribution in [0, 0.1) is 24.7 Å². The van der Waals surface area contributed by atoms with Gasteiger partial charge >= 0.3 is 0 Å². The summed E-state index contributed by atoms with van der Waals surface area (Å²) in [5.41, 5.74) is 3.02. The van der Waals surface area contributed by atoms with Crippen molar-refractivity contribution in [2.45, 2.75) is 99.6 Å². The Morgan fingerprint density at radius 3 is 2.43 bits per heavy atom. The minimum Gasteiger partial charge on any atom is -0.392 e. The van der Waals surface area contributed by atoms with Gasteiger partial charge in [-0.25, -0.2) is 4.98 Å². The second-order valence-corrected chi connectivity index (χ2v) is 11.0. The molecule has 0 saturated carbocycles. The number of amides is 1. The van der Waals surface area contributed by atoms with E-state index in [4.69, 9.17) is 0 Å². The summed E-state index contributed by atoms with van der Waals surface area (Å²) in [7, 11) is 0. The van der Waals surface area contributed by atoms with Crippen LogP contribution in [0.3, 0.4) is 0 Å². The fourth-order valence-corrected chi connectivity index (χ4v) is 4.51. The van der Waals surface area contributed by atoms with Gasteiger partial charge in [0, 0.05) is 17.7 Å². The number of aryl methyl sites for hydroxylation is 1. The summed E-state index contributed by atoms with van der Waals surface area (Å²) in [4.78, 5) is 29.9. The van der Waals surface area contributed by atoms with Crippen molar-refractivity contribution in [3.8, 4) is 0 Å². The van der Waals surface area contributed by atoms with E-state index in [-0.39, 0.29) is 42.4 Å². The molecule has 0 saturated heterocycles. The second-order valence-electron chi connectivity index (χ2n) is 9.98. The fourth-order valence-electron chi connectivity index (χ4n) is 3.94. The van der Waals surface area contributed by atoms with Gasteiger partial charge in [0.1, 0.15) is 5.78 Å². The van der Waals surface area contributed by atoms with Crippen LogP contribution >= 0.6 is 11.3 Å². The van der Waals surface area contributed by atoms with E-state index in [0.717, 1.165) is 28.3 Å².